The molecule has 1 rings (SSSR count). The molecule has 0 radical (unpaired) electrons. The van der Waals surface area contributed by atoms with Gasteiger partial charge in [0.2, 0.25) is 0 Å². The van der Waals surface area contributed by atoms with Crippen molar-refractivity contribution in [2.75, 3.05) is 7.11 Å². The summed E-state index contributed by atoms with van der Waals surface area (Å²) in [6.07, 6.45) is -0.112. The van der Waals surface area contributed by atoms with E-state index in [1.807, 2.05) is 0 Å². The van der Waals surface area contributed by atoms with Crippen molar-refractivity contribution < 1.29 is 18.3 Å². The van der Waals surface area contributed by atoms with E-state index in [9.17, 15) is 13.6 Å². The normalized spacial score (nSPS) is 11.5. The van der Waals surface area contributed by atoms with E-state index in [0.717, 1.165) is 18.2 Å². The molecule has 1 aromatic rings. The van der Waals surface area contributed by atoms with Crippen molar-refractivity contribution in [3.05, 3.63) is 35.4 Å². The van der Waals surface area contributed by atoms with Crippen molar-refractivity contribution in [1.29, 1.82) is 0 Å². The molecule has 0 heterocycles. The molecule has 0 fully saturated rings. The van der Waals surface area contributed by atoms with Gasteiger partial charge in [-0.15, -0.1) is 12.4 Å². The summed E-state index contributed by atoms with van der Waals surface area (Å²) in [5, 5.41) is 0. The maximum Gasteiger partial charge on any atom is 0.307 e. The molecule has 16 heavy (non-hydrogen) atoms. The molecule has 0 aliphatic carbocycles. The second kappa shape index (κ2) is 6.40. The third-order valence-electron chi connectivity index (χ3n) is 1.93. The van der Waals surface area contributed by atoms with Crippen molar-refractivity contribution in [2.24, 2.45) is 5.73 Å². The van der Waals surface area contributed by atoms with Crippen molar-refractivity contribution in [1.82, 2.24) is 0 Å². The maximum atomic E-state index is 12.8. The molecule has 2 N–H and O–H groups in total. The highest BCUT2D eigenvalue weighted by Crippen LogP contribution is 2.17. The van der Waals surface area contributed by atoms with E-state index < -0.39 is 23.6 Å². The van der Waals surface area contributed by atoms with Crippen LogP contribution >= 0.6 is 12.4 Å². The standard InChI is InChI=1S/C10H11F2NO2.ClH/c1-15-10(14)5-9(13)6-2-7(11)4-8(12)3-6;/h2-4,9H,5,13H2,1H3;1H/t9-;/m1./s1. The molecule has 1 aromatic carbocycles. The number of halogens is 3. The number of benzene rings is 1. The summed E-state index contributed by atoms with van der Waals surface area (Å²) >= 11 is 0. The van der Waals surface area contributed by atoms with E-state index in [4.69, 9.17) is 5.73 Å². The number of ether oxygens (including phenoxy) is 1. The topological polar surface area (TPSA) is 52.3 Å². The highest BCUT2D eigenvalue weighted by molar-refractivity contribution is 5.85. The Morgan fingerprint density at radius 2 is 1.88 bits per heavy atom. The van der Waals surface area contributed by atoms with Gasteiger partial charge in [-0.1, -0.05) is 0 Å². The number of carbonyl (C=O) groups is 1. The summed E-state index contributed by atoms with van der Waals surface area (Å²) in [7, 11) is 1.22. The molecule has 0 aromatic heterocycles. The number of methoxy groups -OCH3 is 1. The summed E-state index contributed by atoms with van der Waals surface area (Å²) in [6, 6.07) is 2.17. The van der Waals surface area contributed by atoms with Crippen LogP contribution in [0.5, 0.6) is 0 Å². The first kappa shape index (κ1) is 14.8. The van der Waals surface area contributed by atoms with Gasteiger partial charge in [0.1, 0.15) is 11.6 Å². The van der Waals surface area contributed by atoms with Crippen molar-refractivity contribution in [2.45, 2.75) is 12.5 Å². The Balaban J connectivity index is 0.00000225. The van der Waals surface area contributed by atoms with Gasteiger partial charge in [0, 0.05) is 12.1 Å². The van der Waals surface area contributed by atoms with Crippen molar-refractivity contribution in [3.63, 3.8) is 0 Å². The maximum absolute atomic E-state index is 12.8. The van der Waals surface area contributed by atoms with Gasteiger partial charge in [-0.3, -0.25) is 4.79 Å². The zero-order valence-corrected chi connectivity index (χ0v) is 9.39. The second-order valence-corrected chi connectivity index (χ2v) is 3.09. The van der Waals surface area contributed by atoms with Gasteiger partial charge in [-0.2, -0.15) is 0 Å². The Bertz CT molecular complexity index is 354. The molecule has 0 saturated heterocycles. The van der Waals surface area contributed by atoms with E-state index in [0.29, 0.717) is 0 Å². The molecule has 6 heteroatoms. The number of hydrogen-bond donors (Lipinski definition) is 1. The average Bonchev–Trinajstić information content (AvgIpc) is 2.16. The SMILES string of the molecule is COC(=O)C[C@@H](N)c1cc(F)cc(F)c1.Cl. The fraction of sp³-hybridized carbons (Fsp3) is 0.300. The van der Waals surface area contributed by atoms with Gasteiger partial charge >= 0.3 is 5.97 Å². The van der Waals surface area contributed by atoms with Crippen LogP contribution in [-0.4, -0.2) is 13.1 Å². The Morgan fingerprint density at radius 3 is 2.31 bits per heavy atom. The molecule has 0 amide bonds. The average molecular weight is 252 g/mol. The molecule has 0 spiro atoms. The first-order valence-electron chi connectivity index (χ1n) is 4.31. The van der Waals surface area contributed by atoms with Crippen LogP contribution in [0.1, 0.15) is 18.0 Å². The van der Waals surface area contributed by atoms with Gasteiger partial charge in [0.15, 0.2) is 0 Å². The van der Waals surface area contributed by atoms with E-state index in [-0.39, 0.29) is 24.4 Å². The van der Waals surface area contributed by atoms with Gasteiger partial charge in [-0.25, -0.2) is 8.78 Å². The summed E-state index contributed by atoms with van der Waals surface area (Å²) in [4.78, 5) is 10.9. The van der Waals surface area contributed by atoms with Crippen LogP contribution in [0.2, 0.25) is 0 Å². The van der Waals surface area contributed by atoms with E-state index in [1.165, 1.54) is 7.11 Å². The van der Waals surface area contributed by atoms with Crippen LogP contribution < -0.4 is 5.73 Å². The lowest BCUT2D eigenvalue weighted by Gasteiger charge is -2.10. The predicted octanol–water partition coefficient (Wildman–Crippen LogP) is 1.95. The highest BCUT2D eigenvalue weighted by atomic mass is 35.5. The Kier molecular flexibility index (Phi) is 5.92. The minimum absolute atomic E-state index is 0. The van der Waals surface area contributed by atoms with E-state index in [2.05, 4.69) is 4.74 Å². The first-order valence-corrected chi connectivity index (χ1v) is 4.31. The lowest BCUT2D eigenvalue weighted by Crippen LogP contribution is -2.16. The molecule has 0 aliphatic rings. The highest BCUT2D eigenvalue weighted by Gasteiger charge is 2.13. The summed E-state index contributed by atoms with van der Waals surface area (Å²) < 4.78 is 30.0. The monoisotopic (exact) mass is 251 g/mol. The fourth-order valence-corrected chi connectivity index (χ4v) is 1.17. The largest absolute Gasteiger partial charge is 0.469 e. The summed E-state index contributed by atoms with van der Waals surface area (Å²) in [5.41, 5.74) is 5.81. The number of hydrogen-bond acceptors (Lipinski definition) is 3. The van der Waals surface area contributed by atoms with Gasteiger partial charge in [-0.05, 0) is 17.7 Å². The second-order valence-electron chi connectivity index (χ2n) is 3.09. The third-order valence-corrected chi connectivity index (χ3v) is 1.93. The molecule has 3 nitrogen and oxygen atoms in total. The van der Waals surface area contributed by atoms with Crippen LogP contribution in [0.15, 0.2) is 18.2 Å². The molecule has 1 atom stereocenters. The molecule has 90 valence electrons. The van der Waals surface area contributed by atoms with Crippen LogP contribution in [0.4, 0.5) is 8.78 Å². The molecule has 0 bridgehead atoms. The Labute approximate surface area is 98.0 Å². The third kappa shape index (κ3) is 4.12. The molecular weight excluding hydrogens is 240 g/mol. The summed E-state index contributed by atoms with van der Waals surface area (Å²) in [5.74, 6) is -1.96. The molecule has 0 unspecified atom stereocenters. The van der Waals surface area contributed by atoms with Gasteiger partial charge in [0.05, 0.1) is 13.5 Å². The lowest BCUT2D eigenvalue weighted by atomic mass is 10.0. The molecular formula is C10H12ClF2NO2. The van der Waals surface area contributed by atoms with Crippen LogP contribution in [0.3, 0.4) is 0 Å². The zero-order valence-electron chi connectivity index (χ0n) is 8.57. The summed E-state index contributed by atoms with van der Waals surface area (Å²) in [6.45, 7) is 0. The number of esters is 1. The number of rotatable bonds is 3. The van der Waals surface area contributed by atoms with E-state index in [1.54, 1.807) is 0 Å². The minimum atomic E-state index is -0.761. The fourth-order valence-electron chi connectivity index (χ4n) is 1.17. The Hall–Kier alpha value is -1.20. The quantitative estimate of drug-likeness (QED) is 0.836. The Morgan fingerprint density at radius 1 is 1.38 bits per heavy atom. The van der Waals surface area contributed by atoms with Crippen molar-refractivity contribution >= 4 is 18.4 Å². The van der Waals surface area contributed by atoms with Gasteiger partial charge < -0.3 is 10.5 Å². The molecule has 0 saturated carbocycles. The minimum Gasteiger partial charge on any atom is -0.469 e. The smallest absolute Gasteiger partial charge is 0.307 e. The number of carbonyl (C=O) groups excluding carboxylic acids is 1. The number of nitrogens with two attached hydrogens (primary N) is 1. The van der Waals surface area contributed by atoms with Gasteiger partial charge in [0.25, 0.3) is 0 Å². The zero-order chi connectivity index (χ0) is 11.4. The molecule has 0 aliphatic heterocycles. The van der Waals surface area contributed by atoms with Crippen LogP contribution in [0, 0.1) is 11.6 Å². The van der Waals surface area contributed by atoms with Crippen molar-refractivity contribution in [3.8, 4) is 0 Å². The first-order chi connectivity index (χ1) is 7.02. The predicted molar refractivity (Wildman–Crippen MR) is 57.2 cm³/mol. The lowest BCUT2D eigenvalue weighted by molar-refractivity contribution is -0.141. The van der Waals surface area contributed by atoms with E-state index >= 15 is 0 Å². The van der Waals surface area contributed by atoms with Crippen LogP contribution in [0.25, 0.3) is 0 Å². The van der Waals surface area contributed by atoms with Crippen LogP contribution in [-0.2, 0) is 9.53 Å².